The number of guanidine groups is 1. The molecule has 0 amide bonds. The van der Waals surface area contributed by atoms with Crippen LogP contribution in [0.3, 0.4) is 0 Å². The van der Waals surface area contributed by atoms with Crippen LogP contribution in [0.15, 0.2) is 29.3 Å². The van der Waals surface area contributed by atoms with Crippen molar-refractivity contribution < 1.29 is 9.47 Å². The molecular weight excluding hydrogens is 393 g/mol. The Kier molecular flexibility index (Phi) is 10.2. The minimum absolute atomic E-state index is 0. The molecule has 0 aromatic heterocycles. The van der Waals surface area contributed by atoms with Crippen LogP contribution in [-0.4, -0.2) is 38.9 Å². The number of nitrogens with zero attached hydrogens (tertiary/aromatic N) is 1. The average Bonchev–Trinajstić information content (AvgIpc) is 2.50. The highest BCUT2D eigenvalue weighted by Gasteiger charge is 2.16. The number of benzene rings is 1. The van der Waals surface area contributed by atoms with Crippen molar-refractivity contribution in [2.75, 3.05) is 27.3 Å². The molecule has 6 heteroatoms. The Morgan fingerprint density at radius 1 is 1.18 bits per heavy atom. The molecule has 0 aliphatic carbocycles. The van der Waals surface area contributed by atoms with Crippen LogP contribution in [0, 0.1) is 0 Å². The lowest BCUT2D eigenvalue weighted by molar-refractivity contribution is 0.0268. The lowest BCUT2D eigenvalue weighted by atomic mass is 10.1. The second-order valence-electron chi connectivity index (χ2n) is 5.32. The monoisotopic (exact) mass is 421 g/mol. The first kappa shape index (κ1) is 21.0. The fraction of sp³-hybridized carbons (Fsp3) is 0.562. The standard InChI is InChI=1S/C16H27N3O2.HI/c1-6-17-15(19-12-16(2,3)21-5)18-11-13-9-7-8-10-14(13)20-4;/h7-10H,6,11-12H2,1-5H3,(H2,17,18,19);1H. The molecule has 0 fully saturated rings. The molecule has 0 radical (unpaired) electrons. The van der Waals surface area contributed by atoms with Crippen molar-refractivity contribution >= 4 is 29.9 Å². The minimum Gasteiger partial charge on any atom is -0.496 e. The maximum atomic E-state index is 5.40. The Morgan fingerprint density at radius 3 is 2.45 bits per heavy atom. The first-order chi connectivity index (χ1) is 10.0. The number of hydrogen-bond donors (Lipinski definition) is 2. The van der Waals surface area contributed by atoms with Gasteiger partial charge in [0.15, 0.2) is 5.96 Å². The van der Waals surface area contributed by atoms with Crippen molar-refractivity contribution in [1.29, 1.82) is 0 Å². The maximum absolute atomic E-state index is 5.40. The van der Waals surface area contributed by atoms with Gasteiger partial charge in [0.25, 0.3) is 0 Å². The van der Waals surface area contributed by atoms with Crippen LogP contribution < -0.4 is 15.4 Å². The molecule has 1 aromatic rings. The molecular formula is C16H28IN3O2. The van der Waals surface area contributed by atoms with E-state index in [1.54, 1.807) is 14.2 Å². The minimum atomic E-state index is -0.235. The summed E-state index contributed by atoms with van der Waals surface area (Å²) < 4.78 is 10.7. The van der Waals surface area contributed by atoms with Gasteiger partial charge in [0.05, 0.1) is 19.3 Å². The van der Waals surface area contributed by atoms with Crippen molar-refractivity contribution in [1.82, 2.24) is 10.6 Å². The number of ether oxygens (including phenoxy) is 2. The van der Waals surface area contributed by atoms with Crippen LogP contribution >= 0.6 is 24.0 Å². The first-order valence-electron chi connectivity index (χ1n) is 7.21. The van der Waals surface area contributed by atoms with Gasteiger partial charge >= 0.3 is 0 Å². The second kappa shape index (κ2) is 10.7. The number of rotatable bonds is 7. The van der Waals surface area contributed by atoms with Crippen LogP contribution in [0.25, 0.3) is 0 Å². The summed E-state index contributed by atoms with van der Waals surface area (Å²) >= 11 is 0. The van der Waals surface area contributed by atoms with Crippen molar-refractivity contribution in [3.8, 4) is 5.75 Å². The van der Waals surface area contributed by atoms with Crippen LogP contribution in [0.2, 0.25) is 0 Å². The number of para-hydroxylation sites is 1. The quantitative estimate of drug-likeness (QED) is 0.404. The summed E-state index contributed by atoms with van der Waals surface area (Å²) in [5.41, 5.74) is 0.823. The van der Waals surface area contributed by atoms with E-state index in [1.807, 2.05) is 45.0 Å². The molecule has 5 nitrogen and oxygen atoms in total. The Hall–Kier alpha value is -1.02. The van der Waals surface area contributed by atoms with Gasteiger partial charge in [0.1, 0.15) is 5.75 Å². The fourth-order valence-electron chi connectivity index (χ4n) is 1.71. The second-order valence-corrected chi connectivity index (χ2v) is 5.32. The maximum Gasteiger partial charge on any atom is 0.191 e. The number of methoxy groups -OCH3 is 2. The van der Waals surface area contributed by atoms with E-state index >= 15 is 0 Å². The molecule has 1 rings (SSSR count). The smallest absolute Gasteiger partial charge is 0.191 e. The predicted molar refractivity (Wildman–Crippen MR) is 102 cm³/mol. The molecule has 0 unspecified atom stereocenters. The summed E-state index contributed by atoms with van der Waals surface area (Å²) in [5, 5.41) is 6.52. The highest BCUT2D eigenvalue weighted by molar-refractivity contribution is 14.0. The third-order valence-corrected chi connectivity index (χ3v) is 3.18. The van der Waals surface area contributed by atoms with Crippen molar-refractivity contribution in [2.45, 2.75) is 32.9 Å². The molecule has 126 valence electrons. The van der Waals surface area contributed by atoms with Gasteiger partial charge in [0, 0.05) is 25.8 Å². The molecule has 0 saturated carbocycles. The number of aliphatic imine (C=N–C) groups is 1. The molecule has 1 aromatic carbocycles. The SMILES string of the molecule is CCNC(=NCc1ccccc1OC)NCC(C)(C)OC.I. The Labute approximate surface area is 150 Å². The summed E-state index contributed by atoms with van der Waals surface area (Å²) in [6, 6.07) is 7.91. The average molecular weight is 421 g/mol. The van der Waals surface area contributed by atoms with Gasteiger partial charge in [-0.1, -0.05) is 18.2 Å². The molecule has 0 atom stereocenters. The van der Waals surface area contributed by atoms with E-state index in [0.717, 1.165) is 23.8 Å². The summed E-state index contributed by atoms with van der Waals surface area (Å²) in [6.45, 7) is 8.16. The van der Waals surface area contributed by atoms with E-state index < -0.39 is 0 Å². The zero-order chi connectivity index (χ0) is 15.7. The van der Waals surface area contributed by atoms with Gasteiger partial charge in [-0.05, 0) is 26.8 Å². The zero-order valence-electron chi connectivity index (χ0n) is 14.1. The molecule has 0 aliphatic heterocycles. The molecule has 0 spiro atoms. The van der Waals surface area contributed by atoms with E-state index in [2.05, 4.69) is 15.6 Å². The summed E-state index contributed by atoms with van der Waals surface area (Å²) in [6.07, 6.45) is 0. The largest absolute Gasteiger partial charge is 0.496 e. The lowest BCUT2D eigenvalue weighted by Gasteiger charge is -2.24. The van der Waals surface area contributed by atoms with Crippen LogP contribution in [0.1, 0.15) is 26.3 Å². The van der Waals surface area contributed by atoms with Gasteiger partial charge < -0.3 is 20.1 Å². The van der Waals surface area contributed by atoms with Gasteiger partial charge in [-0.15, -0.1) is 24.0 Å². The number of nitrogens with one attached hydrogen (secondary N) is 2. The predicted octanol–water partition coefficient (Wildman–Crippen LogP) is 2.79. The van der Waals surface area contributed by atoms with Crippen molar-refractivity contribution in [3.63, 3.8) is 0 Å². The van der Waals surface area contributed by atoms with Crippen molar-refractivity contribution in [2.24, 2.45) is 4.99 Å². The highest BCUT2D eigenvalue weighted by Crippen LogP contribution is 2.17. The lowest BCUT2D eigenvalue weighted by Crippen LogP contribution is -2.45. The third kappa shape index (κ3) is 7.31. The van der Waals surface area contributed by atoms with Crippen molar-refractivity contribution in [3.05, 3.63) is 29.8 Å². The van der Waals surface area contributed by atoms with Crippen LogP contribution in [0.5, 0.6) is 5.75 Å². The van der Waals surface area contributed by atoms with Gasteiger partial charge in [-0.25, -0.2) is 4.99 Å². The Morgan fingerprint density at radius 2 is 1.86 bits per heavy atom. The molecule has 0 saturated heterocycles. The number of halogens is 1. The summed E-state index contributed by atoms with van der Waals surface area (Å²) in [5.74, 6) is 1.63. The van der Waals surface area contributed by atoms with Crippen LogP contribution in [0.4, 0.5) is 0 Å². The van der Waals surface area contributed by atoms with Gasteiger partial charge in [-0.2, -0.15) is 0 Å². The third-order valence-electron chi connectivity index (χ3n) is 3.18. The zero-order valence-corrected chi connectivity index (χ0v) is 16.4. The summed E-state index contributed by atoms with van der Waals surface area (Å²) in [7, 11) is 3.38. The molecule has 22 heavy (non-hydrogen) atoms. The molecule has 2 N–H and O–H groups in total. The first-order valence-corrected chi connectivity index (χ1v) is 7.21. The van der Waals surface area contributed by atoms with E-state index in [9.17, 15) is 0 Å². The van der Waals surface area contributed by atoms with E-state index in [0.29, 0.717) is 13.1 Å². The number of hydrogen-bond acceptors (Lipinski definition) is 3. The Bertz CT molecular complexity index is 464. The van der Waals surface area contributed by atoms with Gasteiger partial charge in [0.2, 0.25) is 0 Å². The highest BCUT2D eigenvalue weighted by atomic mass is 127. The van der Waals surface area contributed by atoms with E-state index in [4.69, 9.17) is 9.47 Å². The normalized spacial score (nSPS) is 11.6. The Balaban J connectivity index is 0.00000441. The molecule has 0 bridgehead atoms. The molecule has 0 heterocycles. The van der Waals surface area contributed by atoms with E-state index in [-0.39, 0.29) is 29.6 Å². The van der Waals surface area contributed by atoms with Crippen LogP contribution in [-0.2, 0) is 11.3 Å². The van der Waals surface area contributed by atoms with Gasteiger partial charge in [-0.3, -0.25) is 0 Å². The topological polar surface area (TPSA) is 54.9 Å². The fourth-order valence-corrected chi connectivity index (χ4v) is 1.71. The summed E-state index contributed by atoms with van der Waals surface area (Å²) in [4.78, 5) is 4.59. The molecule has 0 aliphatic rings. The van der Waals surface area contributed by atoms with E-state index in [1.165, 1.54) is 0 Å².